The van der Waals surface area contributed by atoms with Crippen molar-refractivity contribution in [1.29, 1.82) is 0 Å². The van der Waals surface area contributed by atoms with Crippen molar-refractivity contribution >= 4 is 39.1 Å². The molecular formula is C12H16BrClN2O. The summed E-state index contributed by atoms with van der Waals surface area (Å²) in [6, 6.07) is 5.33. The zero-order valence-electron chi connectivity index (χ0n) is 9.67. The molecule has 0 saturated carbocycles. The van der Waals surface area contributed by atoms with Gasteiger partial charge in [-0.3, -0.25) is 4.79 Å². The van der Waals surface area contributed by atoms with Crippen molar-refractivity contribution in [2.75, 3.05) is 11.9 Å². The zero-order valence-corrected chi connectivity index (χ0v) is 12.0. The molecule has 17 heavy (non-hydrogen) atoms. The number of carbonyl (C=O) groups excluding carboxylic acids is 1. The number of rotatable bonds is 5. The van der Waals surface area contributed by atoms with E-state index in [2.05, 4.69) is 21.2 Å². The Kier molecular flexibility index (Phi) is 5.95. The largest absolute Gasteiger partial charge is 0.330 e. The molecule has 0 aromatic heterocycles. The van der Waals surface area contributed by atoms with Crippen LogP contribution >= 0.6 is 27.5 Å². The lowest BCUT2D eigenvalue weighted by Crippen LogP contribution is -2.16. The lowest BCUT2D eigenvalue weighted by atomic mass is 10.1. The summed E-state index contributed by atoms with van der Waals surface area (Å²) in [4.78, 5) is 11.6. The highest BCUT2D eigenvalue weighted by Gasteiger charge is 2.06. The first-order valence-corrected chi connectivity index (χ1v) is 6.65. The molecule has 0 heterocycles. The molecule has 0 bridgehead atoms. The minimum Gasteiger partial charge on any atom is -0.330 e. The molecule has 1 aromatic rings. The first-order valence-electron chi connectivity index (χ1n) is 5.48. The summed E-state index contributed by atoms with van der Waals surface area (Å²) in [5, 5.41) is 3.39. The number of hydrogen-bond acceptors (Lipinski definition) is 2. The summed E-state index contributed by atoms with van der Waals surface area (Å²) in [6.45, 7) is 2.64. The van der Waals surface area contributed by atoms with Crippen molar-refractivity contribution in [2.45, 2.75) is 19.8 Å². The summed E-state index contributed by atoms with van der Waals surface area (Å²) in [6.07, 6.45) is 1.28. The SMILES string of the molecule is CC(CN)CCC(=O)Nc1ccc(Br)c(Cl)c1. The van der Waals surface area contributed by atoms with Gasteiger partial charge in [-0.15, -0.1) is 0 Å². The number of nitrogens with one attached hydrogen (secondary N) is 1. The summed E-state index contributed by atoms with van der Waals surface area (Å²) >= 11 is 9.23. The Morgan fingerprint density at radius 2 is 2.29 bits per heavy atom. The van der Waals surface area contributed by atoms with Gasteiger partial charge in [0, 0.05) is 16.6 Å². The van der Waals surface area contributed by atoms with Gasteiger partial charge in [-0.2, -0.15) is 0 Å². The number of amides is 1. The van der Waals surface area contributed by atoms with Crippen molar-refractivity contribution in [1.82, 2.24) is 0 Å². The normalized spacial score (nSPS) is 12.2. The Bertz CT molecular complexity index is 398. The molecule has 1 amide bonds. The molecule has 0 aliphatic rings. The van der Waals surface area contributed by atoms with Gasteiger partial charge in [-0.05, 0) is 53.0 Å². The van der Waals surface area contributed by atoms with E-state index in [0.717, 1.165) is 10.9 Å². The second kappa shape index (κ2) is 6.99. The maximum Gasteiger partial charge on any atom is 0.224 e. The molecule has 0 radical (unpaired) electrons. The van der Waals surface area contributed by atoms with Gasteiger partial charge in [0.05, 0.1) is 5.02 Å². The Labute approximate surface area is 115 Å². The summed E-state index contributed by atoms with van der Waals surface area (Å²) in [5.74, 6) is 0.359. The molecular weight excluding hydrogens is 304 g/mol. The van der Waals surface area contributed by atoms with Gasteiger partial charge < -0.3 is 11.1 Å². The van der Waals surface area contributed by atoms with Crippen LogP contribution in [0.4, 0.5) is 5.69 Å². The van der Waals surface area contributed by atoms with E-state index in [9.17, 15) is 4.79 Å². The number of hydrogen-bond donors (Lipinski definition) is 2. The number of carbonyl (C=O) groups is 1. The van der Waals surface area contributed by atoms with Crippen LogP contribution in [0.25, 0.3) is 0 Å². The van der Waals surface area contributed by atoms with Gasteiger partial charge in [0.15, 0.2) is 0 Å². The summed E-state index contributed by atoms with van der Waals surface area (Å²) in [5.41, 5.74) is 6.20. The van der Waals surface area contributed by atoms with E-state index in [1.807, 2.05) is 6.92 Å². The Morgan fingerprint density at radius 1 is 1.59 bits per heavy atom. The molecule has 1 rings (SSSR count). The number of benzene rings is 1. The molecule has 1 aromatic carbocycles. The average Bonchev–Trinajstić information content (AvgIpc) is 2.31. The van der Waals surface area contributed by atoms with Crippen LogP contribution in [-0.4, -0.2) is 12.5 Å². The molecule has 0 aliphatic heterocycles. The fraction of sp³-hybridized carbons (Fsp3) is 0.417. The quantitative estimate of drug-likeness (QED) is 0.873. The minimum atomic E-state index is -0.0105. The molecule has 5 heteroatoms. The van der Waals surface area contributed by atoms with E-state index in [4.69, 9.17) is 17.3 Å². The summed E-state index contributed by atoms with van der Waals surface area (Å²) < 4.78 is 0.814. The van der Waals surface area contributed by atoms with Crippen LogP contribution in [0.15, 0.2) is 22.7 Å². The molecule has 1 unspecified atom stereocenters. The van der Waals surface area contributed by atoms with Crippen molar-refractivity contribution in [2.24, 2.45) is 11.7 Å². The highest BCUT2D eigenvalue weighted by atomic mass is 79.9. The van der Waals surface area contributed by atoms with Gasteiger partial charge in [0.1, 0.15) is 0 Å². The molecule has 94 valence electrons. The predicted octanol–water partition coefficient (Wildman–Crippen LogP) is 3.42. The number of nitrogens with two attached hydrogens (primary N) is 1. The fourth-order valence-corrected chi connectivity index (χ4v) is 1.72. The van der Waals surface area contributed by atoms with Crippen LogP contribution in [-0.2, 0) is 4.79 Å². The van der Waals surface area contributed by atoms with E-state index in [0.29, 0.717) is 29.6 Å². The molecule has 3 N–H and O–H groups in total. The third-order valence-electron chi connectivity index (χ3n) is 2.47. The van der Waals surface area contributed by atoms with Gasteiger partial charge in [-0.1, -0.05) is 18.5 Å². The highest BCUT2D eigenvalue weighted by Crippen LogP contribution is 2.25. The van der Waals surface area contributed by atoms with Crippen molar-refractivity contribution < 1.29 is 4.79 Å². The van der Waals surface area contributed by atoms with Crippen molar-refractivity contribution in [3.63, 3.8) is 0 Å². The topological polar surface area (TPSA) is 55.1 Å². The monoisotopic (exact) mass is 318 g/mol. The minimum absolute atomic E-state index is 0.0105. The predicted molar refractivity (Wildman–Crippen MR) is 75.2 cm³/mol. The second-order valence-corrected chi connectivity index (χ2v) is 5.32. The fourth-order valence-electron chi connectivity index (χ4n) is 1.29. The third kappa shape index (κ3) is 5.06. The molecule has 0 aliphatic carbocycles. The lowest BCUT2D eigenvalue weighted by molar-refractivity contribution is -0.116. The van der Waals surface area contributed by atoms with E-state index in [1.165, 1.54) is 0 Å². The van der Waals surface area contributed by atoms with Crippen LogP contribution in [0.5, 0.6) is 0 Å². The molecule has 0 fully saturated rings. The molecule has 1 atom stereocenters. The van der Waals surface area contributed by atoms with Crippen LogP contribution in [0.1, 0.15) is 19.8 Å². The Hall–Kier alpha value is -0.580. The lowest BCUT2D eigenvalue weighted by Gasteiger charge is -2.09. The molecule has 3 nitrogen and oxygen atoms in total. The number of halogens is 2. The number of anilines is 1. The standard InChI is InChI=1S/C12H16BrClN2O/c1-8(7-15)2-5-12(17)16-9-3-4-10(13)11(14)6-9/h3-4,6,8H,2,5,7,15H2,1H3,(H,16,17). The Morgan fingerprint density at radius 3 is 2.88 bits per heavy atom. The van der Waals surface area contributed by atoms with Gasteiger partial charge in [0.25, 0.3) is 0 Å². The van der Waals surface area contributed by atoms with E-state index >= 15 is 0 Å². The van der Waals surface area contributed by atoms with Crippen LogP contribution in [0.2, 0.25) is 5.02 Å². The maximum absolute atomic E-state index is 11.6. The van der Waals surface area contributed by atoms with Crippen molar-refractivity contribution in [3.05, 3.63) is 27.7 Å². The second-order valence-electron chi connectivity index (χ2n) is 4.06. The zero-order chi connectivity index (χ0) is 12.8. The van der Waals surface area contributed by atoms with Crippen LogP contribution < -0.4 is 11.1 Å². The van der Waals surface area contributed by atoms with Gasteiger partial charge >= 0.3 is 0 Å². The van der Waals surface area contributed by atoms with Crippen molar-refractivity contribution in [3.8, 4) is 0 Å². The van der Waals surface area contributed by atoms with E-state index in [1.54, 1.807) is 18.2 Å². The van der Waals surface area contributed by atoms with Crippen LogP contribution in [0, 0.1) is 5.92 Å². The highest BCUT2D eigenvalue weighted by molar-refractivity contribution is 9.10. The first-order chi connectivity index (χ1) is 8.02. The first kappa shape index (κ1) is 14.5. The van der Waals surface area contributed by atoms with E-state index in [-0.39, 0.29) is 5.91 Å². The van der Waals surface area contributed by atoms with Gasteiger partial charge in [-0.25, -0.2) is 0 Å². The Balaban J connectivity index is 2.48. The van der Waals surface area contributed by atoms with Crippen LogP contribution in [0.3, 0.4) is 0 Å². The average molecular weight is 320 g/mol. The summed E-state index contributed by atoms with van der Waals surface area (Å²) in [7, 11) is 0. The smallest absolute Gasteiger partial charge is 0.224 e. The third-order valence-corrected chi connectivity index (χ3v) is 3.70. The maximum atomic E-state index is 11.6. The molecule has 0 spiro atoms. The van der Waals surface area contributed by atoms with Gasteiger partial charge in [0.2, 0.25) is 5.91 Å². The van der Waals surface area contributed by atoms with E-state index < -0.39 is 0 Å². The molecule has 0 saturated heterocycles.